The topological polar surface area (TPSA) is 95.7 Å². The molecule has 21 heavy (non-hydrogen) atoms. The Kier molecular flexibility index (Phi) is 4.87. The molecule has 1 heterocycles. The van der Waals surface area contributed by atoms with Crippen LogP contribution in [-0.4, -0.2) is 53.1 Å². The number of amides is 1. The molecule has 0 spiro atoms. The van der Waals surface area contributed by atoms with Gasteiger partial charge in [0.15, 0.2) is 0 Å². The summed E-state index contributed by atoms with van der Waals surface area (Å²) in [5, 5.41) is 23.2. The van der Waals surface area contributed by atoms with Gasteiger partial charge in [0, 0.05) is 43.2 Å². The molecule has 114 valence electrons. The summed E-state index contributed by atoms with van der Waals surface area (Å²) in [7, 11) is 0. The Morgan fingerprint density at radius 2 is 2.10 bits per heavy atom. The molecule has 1 aromatic rings. The highest BCUT2D eigenvalue weighted by molar-refractivity contribution is 5.94. The van der Waals surface area contributed by atoms with Gasteiger partial charge < -0.3 is 15.3 Å². The first-order chi connectivity index (χ1) is 10.0. The Morgan fingerprint density at radius 1 is 1.43 bits per heavy atom. The van der Waals surface area contributed by atoms with Gasteiger partial charge in [-0.25, -0.2) is 0 Å². The van der Waals surface area contributed by atoms with Crippen molar-refractivity contribution >= 4 is 11.6 Å². The number of nitrogens with zero attached hydrogens (tertiary/aromatic N) is 2. The Morgan fingerprint density at radius 3 is 2.62 bits per heavy atom. The molecule has 0 saturated carbocycles. The molecule has 1 aromatic carbocycles. The van der Waals surface area contributed by atoms with Crippen LogP contribution in [0.2, 0.25) is 0 Å². The van der Waals surface area contributed by atoms with Gasteiger partial charge in [0.05, 0.1) is 11.0 Å². The van der Waals surface area contributed by atoms with Gasteiger partial charge in [0.1, 0.15) is 0 Å². The lowest BCUT2D eigenvalue weighted by Crippen LogP contribution is -2.34. The number of likely N-dealkylation sites (tertiary alicyclic amines) is 1. The van der Waals surface area contributed by atoms with Crippen molar-refractivity contribution in [2.24, 2.45) is 5.92 Å². The van der Waals surface area contributed by atoms with Crippen LogP contribution in [0.4, 0.5) is 5.69 Å². The zero-order chi connectivity index (χ0) is 15.4. The summed E-state index contributed by atoms with van der Waals surface area (Å²) in [4.78, 5) is 24.1. The van der Waals surface area contributed by atoms with E-state index in [9.17, 15) is 20.0 Å². The number of rotatable bonds is 5. The Bertz CT molecular complexity index is 517. The summed E-state index contributed by atoms with van der Waals surface area (Å²) in [5.74, 6) is -0.265. The molecule has 2 atom stereocenters. The molecule has 0 aliphatic carbocycles. The smallest absolute Gasteiger partial charge is 0.269 e. The van der Waals surface area contributed by atoms with Crippen LogP contribution >= 0.6 is 0 Å². The highest BCUT2D eigenvalue weighted by atomic mass is 16.6. The number of benzene rings is 1. The summed E-state index contributed by atoms with van der Waals surface area (Å²) in [6, 6.07) is 5.46. The molecule has 1 amide bonds. The van der Waals surface area contributed by atoms with E-state index in [-0.39, 0.29) is 17.5 Å². The molecule has 0 aromatic heterocycles. The lowest BCUT2D eigenvalue weighted by atomic mass is 10.1. The van der Waals surface area contributed by atoms with Gasteiger partial charge in [-0.15, -0.1) is 0 Å². The molecular formula is C14H19N3O4. The average molecular weight is 293 g/mol. The third-order valence-electron chi connectivity index (χ3n) is 3.79. The number of nitrogens with one attached hydrogen (secondary N) is 1. The van der Waals surface area contributed by atoms with E-state index in [0.717, 1.165) is 13.1 Å². The van der Waals surface area contributed by atoms with Gasteiger partial charge in [0.2, 0.25) is 0 Å². The molecule has 2 N–H and O–H groups in total. The van der Waals surface area contributed by atoms with Crippen molar-refractivity contribution in [2.45, 2.75) is 13.0 Å². The van der Waals surface area contributed by atoms with Crippen molar-refractivity contribution in [3.8, 4) is 0 Å². The Labute approximate surface area is 122 Å². The van der Waals surface area contributed by atoms with Crippen LogP contribution in [0.1, 0.15) is 17.3 Å². The van der Waals surface area contributed by atoms with Crippen LogP contribution in [0, 0.1) is 16.0 Å². The first-order valence-electron chi connectivity index (χ1n) is 6.94. The largest absolute Gasteiger partial charge is 0.391 e. The fourth-order valence-corrected chi connectivity index (χ4v) is 2.46. The van der Waals surface area contributed by atoms with Gasteiger partial charge in [0.25, 0.3) is 11.6 Å². The number of carbonyl (C=O) groups is 1. The third-order valence-corrected chi connectivity index (χ3v) is 3.79. The number of carbonyl (C=O) groups excluding carboxylic acids is 1. The first kappa shape index (κ1) is 15.4. The van der Waals surface area contributed by atoms with E-state index in [1.165, 1.54) is 24.3 Å². The van der Waals surface area contributed by atoms with Gasteiger partial charge >= 0.3 is 0 Å². The molecule has 0 bridgehead atoms. The Balaban J connectivity index is 1.88. The summed E-state index contributed by atoms with van der Waals surface area (Å²) in [6.07, 6.45) is -0.429. The van der Waals surface area contributed by atoms with Crippen molar-refractivity contribution in [2.75, 3.05) is 26.2 Å². The van der Waals surface area contributed by atoms with Crippen LogP contribution < -0.4 is 5.32 Å². The van der Waals surface area contributed by atoms with Crippen LogP contribution in [0.15, 0.2) is 24.3 Å². The van der Waals surface area contributed by atoms with Gasteiger partial charge in [-0.05, 0) is 18.7 Å². The van der Waals surface area contributed by atoms with E-state index < -0.39 is 11.0 Å². The van der Waals surface area contributed by atoms with E-state index in [1.54, 1.807) is 0 Å². The zero-order valence-electron chi connectivity index (χ0n) is 11.9. The second-order valence-corrected chi connectivity index (χ2v) is 5.19. The molecule has 1 saturated heterocycles. The molecule has 1 aliphatic heterocycles. The minimum atomic E-state index is -0.504. The Hall–Kier alpha value is -1.99. The molecule has 7 nitrogen and oxygen atoms in total. The fraction of sp³-hybridized carbons (Fsp3) is 0.500. The quantitative estimate of drug-likeness (QED) is 0.613. The number of non-ortho nitro benzene ring substituents is 1. The fourth-order valence-electron chi connectivity index (χ4n) is 2.46. The van der Waals surface area contributed by atoms with E-state index in [4.69, 9.17) is 0 Å². The zero-order valence-corrected chi connectivity index (χ0v) is 11.9. The van der Waals surface area contributed by atoms with Crippen LogP contribution in [0.25, 0.3) is 0 Å². The lowest BCUT2D eigenvalue weighted by molar-refractivity contribution is -0.384. The number of likely N-dealkylation sites (N-methyl/N-ethyl adjacent to an activating group) is 1. The first-order valence-corrected chi connectivity index (χ1v) is 6.94. The maximum Gasteiger partial charge on any atom is 0.269 e. The number of nitro groups is 1. The lowest BCUT2D eigenvalue weighted by Gasteiger charge is -2.14. The van der Waals surface area contributed by atoms with Crippen molar-refractivity contribution in [3.63, 3.8) is 0 Å². The molecule has 2 unspecified atom stereocenters. The normalized spacial score (nSPS) is 22.2. The van der Waals surface area contributed by atoms with Crippen molar-refractivity contribution in [1.82, 2.24) is 10.2 Å². The standard InChI is InChI=1S/C14H19N3O4/c1-2-16-8-11(13(18)9-16)7-15-14(19)10-3-5-12(6-4-10)17(20)21/h3-6,11,13,18H,2,7-9H2,1H3,(H,15,19). The summed E-state index contributed by atoms with van der Waals surface area (Å²) < 4.78 is 0. The summed E-state index contributed by atoms with van der Waals surface area (Å²) >= 11 is 0. The van der Waals surface area contributed by atoms with E-state index in [2.05, 4.69) is 10.2 Å². The van der Waals surface area contributed by atoms with Crippen molar-refractivity contribution in [3.05, 3.63) is 39.9 Å². The minimum absolute atomic E-state index is 0.0203. The van der Waals surface area contributed by atoms with Gasteiger partial charge in [-0.2, -0.15) is 0 Å². The molecule has 2 rings (SSSR count). The van der Waals surface area contributed by atoms with Crippen molar-refractivity contribution < 1.29 is 14.8 Å². The number of aliphatic hydroxyl groups is 1. The monoisotopic (exact) mass is 293 g/mol. The summed E-state index contributed by atoms with van der Waals surface area (Å²) in [6.45, 7) is 4.70. The molecule has 1 fully saturated rings. The van der Waals surface area contributed by atoms with E-state index in [0.29, 0.717) is 18.7 Å². The second kappa shape index (κ2) is 6.64. The minimum Gasteiger partial charge on any atom is -0.391 e. The SMILES string of the molecule is CCN1CC(O)C(CNC(=O)c2ccc([N+](=O)[O-])cc2)C1. The molecule has 7 heteroatoms. The molecule has 0 radical (unpaired) electrons. The molecule has 1 aliphatic rings. The molecular weight excluding hydrogens is 274 g/mol. The number of nitro benzene ring substituents is 1. The van der Waals surface area contributed by atoms with Crippen LogP contribution in [-0.2, 0) is 0 Å². The maximum absolute atomic E-state index is 12.0. The van der Waals surface area contributed by atoms with Crippen LogP contribution in [0.5, 0.6) is 0 Å². The van der Waals surface area contributed by atoms with Crippen LogP contribution in [0.3, 0.4) is 0 Å². The maximum atomic E-state index is 12.0. The van der Waals surface area contributed by atoms with Crippen molar-refractivity contribution in [1.29, 1.82) is 0 Å². The second-order valence-electron chi connectivity index (χ2n) is 5.19. The number of hydrogen-bond donors (Lipinski definition) is 2. The van der Waals surface area contributed by atoms with Gasteiger partial charge in [-0.3, -0.25) is 14.9 Å². The number of hydrogen-bond acceptors (Lipinski definition) is 5. The van der Waals surface area contributed by atoms with E-state index in [1.807, 2.05) is 6.92 Å². The predicted molar refractivity (Wildman–Crippen MR) is 77.0 cm³/mol. The highest BCUT2D eigenvalue weighted by Gasteiger charge is 2.30. The highest BCUT2D eigenvalue weighted by Crippen LogP contribution is 2.16. The number of β-amino-alcohol motifs (C(OH)–C–C–N with tert-alkyl or cyclic N) is 1. The van der Waals surface area contributed by atoms with Gasteiger partial charge in [-0.1, -0.05) is 6.92 Å². The summed E-state index contributed by atoms with van der Waals surface area (Å²) in [5.41, 5.74) is 0.330. The van der Waals surface area contributed by atoms with E-state index >= 15 is 0 Å². The predicted octanol–water partition coefficient (Wildman–Crippen LogP) is 0.637. The third kappa shape index (κ3) is 3.77. The average Bonchev–Trinajstić information content (AvgIpc) is 2.85. The number of aliphatic hydroxyl groups excluding tert-OH is 1.